The van der Waals surface area contributed by atoms with E-state index in [1.165, 1.54) is 0 Å². The Kier molecular flexibility index (Phi) is 4.68. The third kappa shape index (κ3) is 3.27. The van der Waals surface area contributed by atoms with Crippen LogP contribution in [0, 0.1) is 0 Å². The average molecular weight is 210 g/mol. The molecule has 84 valence electrons. The van der Waals surface area contributed by atoms with Crippen LogP contribution in [0.2, 0.25) is 0 Å². The molecule has 4 heteroatoms. The molecule has 1 aromatic rings. The number of pyridine rings is 1. The van der Waals surface area contributed by atoms with Crippen molar-refractivity contribution in [1.29, 1.82) is 0 Å². The first-order chi connectivity index (χ1) is 7.23. The Bertz CT molecular complexity index is 279. The molecule has 0 aliphatic rings. The lowest BCUT2D eigenvalue weighted by Crippen LogP contribution is -2.44. The topological polar surface area (TPSA) is 54.4 Å². The number of nitrogens with zero attached hydrogens (tertiary/aromatic N) is 1. The monoisotopic (exact) mass is 210 g/mol. The van der Waals surface area contributed by atoms with E-state index in [0.717, 1.165) is 5.69 Å². The van der Waals surface area contributed by atoms with Crippen LogP contribution >= 0.6 is 0 Å². The van der Waals surface area contributed by atoms with Crippen LogP contribution in [0.3, 0.4) is 0 Å². The largest absolute Gasteiger partial charge is 0.394 e. The third-order valence-electron chi connectivity index (χ3n) is 2.37. The molecule has 1 heterocycles. The van der Waals surface area contributed by atoms with Gasteiger partial charge >= 0.3 is 0 Å². The maximum absolute atomic E-state index is 9.39. The molecule has 0 spiro atoms. The molecule has 1 rings (SSSR count). The fourth-order valence-electron chi connectivity index (χ4n) is 1.35. The van der Waals surface area contributed by atoms with E-state index in [1.54, 1.807) is 13.3 Å². The first-order valence-corrected chi connectivity index (χ1v) is 4.99. The summed E-state index contributed by atoms with van der Waals surface area (Å²) in [6, 6.07) is 5.67. The first-order valence-electron chi connectivity index (χ1n) is 4.99. The second kappa shape index (κ2) is 5.80. The van der Waals surface area contributed by atoms with Crippen LogP contribution < -0.4 is 5.32 Å². The minimum absolute atomic E-state index is 0.00767. The lowest BCUT2D eigenvalue weighted by Gasteiger charge is -2.28. The number of nitrogens with one attached hydrogen (secondary N) is 1. The summed E-state index contributed by atoms with van der Waals surface area (Å²) >= 11 is 0. The highest BCUT2D eigenvalue weighted by Gasteiger charge is 2.25. The van der Waals surface area contributed by atoms with Gasteiger partial charge in [0.15, 0.2) is 0 Å². The molecular weight excluding hydrogens is 192 g/mol. The lowest BCUT2D eigenvalue weighted by molar-refractivity contribution is 0.145. The molecule has 0 saturated carbocycles. The van der Waals surface area contributed by atoms with Gasteiger partial charge in [0.25, 0.3) is 0 Å². The van der Waals surface area contributed by atoms with Crippen molar-refractivity contribution < 1.29 is 9.84 Å². The molecule has 0 radical (unpaired) electrons. The molecule has 0 aliphatic heterocycles. The van der Waals surface area contributed by atoms with Crippen molar-refractivity contribution in [2.45, 2.75) is 12.5 Å². The van der Waals surface area contributed by atoms with Gasteiger partial charge in [-0.1, -0.05) is 6.07 Å². The molecule has 2 N–H and O–H groups in total. The van der Waals surface area contributed by atoms with E-state index in [1.807, 2.05) is 25.1 Å². The van der Waals surface area contributed by atoms with Crippen LogP contribution in [0.15, 0.2) is 24.4 Å². The summed E-state index contributed by atoms with van der Waals surface area (Å²) in [5, 5.41) is 12.6. The molecule has 4 nitrogen and oxygen atoms in total. The summed E-state index contributed by atoms with van der Waals surface area (Å²) in [5.74, 6) is 0. The molecule has 0 aliphatic carbocycles. The van der Waals surface area contributed by atoms with Crippen LogP contribution in [-0.2, 0) is 10.3 Å². The SMILES string of the molecule is COCCNC(C)(CO)c1ccccn1. The summed E-state index contributed by atoms with van der Waals surface area (Å²) in [7, 11) is 1.65. The molecule has 0 amide bonds. The van der Waals surface area contributed by atoms with Crippen molar-refractivity contribution in [1.82, 2.24) is 10.3 Å². The van der Waals surface area contributed by atoms with Crippen LogP contribution in [0.25, 0.3) is 0 Å². The van der Waals surface area contributed by atoms with Crippen LogP contribution in [0.4, 0.5) is 0 Å². The molecule has 0 fully saturated rings. The average Bonchev–Trinajstić information content (AvgIpc) is 2.30. The Morgan fingerprint density at radius 1 is 1.53 bits per heavy atom. The number of methoxy groups -OCH3 is 1. The maximum Gasteiger partial charge on any atom is 0.0814 e. The minimum atomic E-state index is -0.500. The van der Waals surface area contributed by atoms with E-state index in [0.29, 0.717) is 13.2 Å². The second-order valence-electron chi connectivity index (χ2n) is 3.62. The third-order valence-corrected chi connectivity index (χ3v) is 2.37. The standard InChI is InChI=1S/C11H18N2O2/c1-11(9-14,13-7-8-15-2)10-5-3-4-6-12-10/h3-6,13-14H,7-9H2,1-2H3. The summed E-state index contributed by atoms with van der Waals surface area (Å²) in [6.07, 6.45) is 1.72. The number of aliphatic hydroxyl groups is 1. The van der Waals surface area contributed by atoms with Crippen LogP contribution in [-0.4, -0.2) is 37.0 Å². The normalized spacial score (nSPS) is 14.9. The van der Waals surface area contributed by atoms with Gasteiger partial charge in [0.1, 0.15) is 0 Å². The first kappa shape index (κ1) is 12.1. The molecule has 15 heavy (non-hydrogen) atoms. The van der Waals surface area contributed by atoms with E-state index < -0.39 is 5.54 Å². The zero-order chi connectivity index (χ0) is 11.1. The van der Waals surface area contributed by atoms with E-state index in [4.69, 9.17) is 4.74 Å². The highest BCUT2D eigenvalue weighted by Crippen LogP contribution is 2.16. The number of aromatic nitrogens is 1. The fourth-order valence-corrected chi connectivity index (χ4v) is 1.35. The fraction of sp³-hybridized carbons (Fsp3) is 0.545. The minimum Gasteiger partial charge on any atom is -0.394 e. The lowest BCUT2D eigenvalue weighted by atomic mass is 9.98. The highest BCUT2D eigenvalue weighted by molar-refractivity contribution is 5.14. The zero-order valence-corrected chi connectivity index (χ0v) is 9.23. The zero-order valence-electron chi connectivity index (χ0n) is 9.23. The molecule has 0 bridgehead atoms. The van der Waals surface area contributed by atoms with Crippen molar-refractivity contribution in [3.05, 3.63) is 30.1 Å². The van der Waals surface area contributed by atoms with Gasteiger partial charge in [-0.05, 0) is 19.1 Å². The van der Waals surface area contributed by atoms with Crippen LogP contribution in [0.5, 0.6) is 0 Å². The molecular formula is C11H18N2O2. The van der Waals surface area contributed by atoms with Gasteiger partial charge in [-0.3, -0.25) is 4.98 Å². The molecule has 1 aromatic heterocycles. The summed E-state index contributed by atoms with van der Waals surface area (Å²) < 4.78 is 4.95. The Morgan fingerprint density at radius 2 is 2.33 bits per heavy atom. The van der Waals surface area contributed by atoms with E-state index in [-0.39, 0.29) is 6.61 Å². The number of hydrogen-bond donors (Lipinski definition) is 2. The predicted molar refractivity (Wildman–Crippen MR) is 58.6 cm³/mol. The Morgan fingerprint density at radius 3 is 2.87 bits per heavy atom. The number of ether oxygens (including phenoxy) is 1. The van der Waals surface area contributed by atoms with Crippen molar-refractivity contribution in [2.24, 2.45) is 0 Å². The van der Waals surface area contributed by atoms with Gasteiger partial charge < -0.3 is 15.2 Å². The summed E-state index contributed by atoms with van der Waals surface area (Å²) in [5.41, 5.74) is 0.336. The van der Waals surface area contributed by atoms with E-state index in [9.17, 15) is 5.11 Å². The van der Waals surface area contributed by atoms with Gasteiger partial charge in [-0.2, -0.15) is 0 Å². The summed E-state index contributed by atoms with van der Waals surface area (Å²) in [6.45, 7) is 3.23. The van der Waals surface area contributed by atoms with Gasteiger partial charge in [0.05, 0.1) is 24.4 Å². The van der Waals surface area contributed by atoms with Crippen molar-refractivity contribution in [3.8, 4) is 0 Å². The van der Waals surface area contributed by atoms with Gasteiger partial charge in [-0.15, -0.1) is 0 Å². The Hall–Kier alpha value is -0.970. The highest BCUT2D eigenvalue weighted by atomic mass is 16.5. The van der Waals surface area contributed by atoms with Crippen molar-refractivity contribution >= 4 is 0 Å². The second-order valence-corrected chi connectivity index (χ2v) is 3.62. The molecule has 1 atom stereocenters. The van der Waals surface area contributed by atoms with Crippen molar-refractivity contribution in [3.63, 3.8) is 0 Å². The molecule has 0 saturated heterocycles. The predicted octanol–water partition coefficient (Wildman–Crippen LogP) is 0.525. The van der Waals surface area contributed by atoms with Gasteiger partial charge in [0, 0.05) is 19.9 Å². The number of aliphatic hydroxyl groups excluding tert-OH is 1. The van der Waals surface area contributed by atoms with E-state index >= 15 is 0 Å². The van der Waals surface area contributed by atoms with E-state index in [2.05, 4.69) is 10.3 Å². The number of hydrogen-bond acceptors (Lipinski definition) is 4. The quantitative estimate of drug-likeness (QED) is 0.672. The number of rotatable bonds is 6. The van der Waals surface area contributed by atoms with Gasteiger partial charge in [-0.25, -0.2) is 0 Å². The summed E-state index contributed by atoms with van der Waals surface area (Å²) in [4.78, 5) is 4.24. The molecule has 1 unspecified atom stereocenters. The maximum atomic E-state index is 9.39. The molecule has 0 aromatic carbocycles. The smallest absolute Gasteiger partial charge is 0.0814 e. The Balaban J connectivity index is 2.67. The Labute approximate surface area is 90.3 Å². The van der Waals surface area contributed by atoms with Crippen LogP contribution in [0.1, 0.15) is 12.6 Å². The van der Waals surface area contributed by atoms with Gasteiger partial charge in [0.2, 0.25) is 0 Å². The van der Waals surface area contributed by atoms with Crippen molar-refractivity contribution in [2.75, 3.05) is 26.9 Å².